The van der Waals surface area contributed by atoms with Crippen molar-refractivity contribution in [3.05, 3.63) is 42.0 Å². The van der Waals surface area contributed by atoms with Gasteiger partial charge in [-0.25, -0.2) is 4.98 Å². The first-order chi connectivity index (χ1) is 11.8. The van der Waals surface area contributed by atoms with Gasteiger partial charge in [-0.05, 0) is 18.9 Å². The van der Waals surface area contributed by atoms with Crippen LogP contribution in [0.4, 0.5) is 0 Å². The van der Waals surface area contributed by atoms with E-state index in [9.17, 15) is 0 Å². The number of benzene rings is 1. The summed E-state index contributed by atoms with van der Waals surface area (Å²) < 4.78 is 16.6. The number of rotatable bonds is 8. The number of nitrogens with one attached hydrogen (secondary N) is 1. The molecule has 6 nitrogen and oxygen atoms in total. The molecule has 0 radical (unpaired) electrons. The molecule has 130 valence electrons. The van der Waals surface area contributed by atoms with Gasteiger partial charge in [-0.1, -0.05) is 6.07 Å². The van der Waals surface area contributed by atoms with Crippen LogP contribution in [-0.2, 0) is 17.8 Å². The van der Waals surface area contributed by atoms with Crippen molar-refractivity contribution in [2.24, 2.45) is 0 Å². The Morgan fingerprint density at radius 1 is 1.29 bits per heavy atom. The van der Waals surface area contributed by atoms with Crippen molar-refractivity contribution >= 4 is 0 Å². The molecule has 1 aromatic heterocycles. The molecule has 0 bridgehead atoms. The van der Waals surface area contributed by atoms with Gasteiger partial charge in [0.15, 0.2) is 0 Å². The van der Waals surface area contributed by atoms with Crippen molar-refractivity contribution in [3.8, 4) is 11.5 Å². The highest BCUT2D eigenvalue weighted by molar-refractivity contribution is 5.40. The van der Waals surface area contributed by atoms with Crippen LogP contribution in [0.1, 0.15) is 24.1 Å². The summed E-state index contributed by atoms with van der Waals surface area (Å²) in [6.07, 6.45) is 6.16. The lowest BCUT2D eigenvalue weighted by atomic mass is 10.1. The second-order valence-corrected chi connectivity index (χ2v) is 6.06. The van der Waals surface area contributed by atoms with Gasteiger partial charge in [-0.2, -0.15) is 0 Å². The highest BCUT2D eigenvalue weighted by Crippen LogP contribution is 2.26. The molecule has 0 spiro atoms. The Kier molecular flexibility index (Phi) is 5.72. The number of nitrogens with zero attached hydrogens (tertiary/aromatic N) is 2. The summed E-state index contributed by atoms with van der Waals surface area (Å²) >= 11 is 0. The molecule has 2 heterocycles. The van der Waals surface area contributed by atoms with Gasteiger partial charge < -0.3 is 19.2 Å². The quantitative estimate of drug-likeness (QED) is 0.806. The minimum atomic E-state index is 0.303. The zero-order chi connectivity index (χ0) is 16.8. The van der Waals surface area contributed by atoms with E-state index in [1.807, 2.05) is 18.3 Å². The number of aromatic amines is 1. The second kappa shape index (κ2) is 8.17. The van der Waals surface area contributed by atoms with Gasteiger partial charge in [0.2, 0.25) is 0 Å². The molecule has 24 heavy (non-hydrogen) atoms. The van der Waals surface area contributed by atoms with Crippen molar-refractivity contribution in [1.29, 1.82) is 0 Å². The van der Waals surface area contributed by atoms with E-state index in [-0.39, 0.29) is 0 Å². The Hall–Kier alpha value is -2.05. The van der Waals surface area contributed by atoms with Crippen LogP contribution < -0.4 is 9.47 Å². The van der Waals surface area contributed by atoms with Crippen molar-refractivity contribution in [2.45, 2.75) is 32.0 Å². The Bertz CT molecular complexity index is 624. The Morgan fingerprint density at radius 3 is 2.88 bits per heavy atom. The minimum absolute atomic E-state index is 0.303. The van der Waals surface area contributed by atoms with Gasteiger partial charge in [0.25, 0.3) is 0 Å². The SMILES string of the molecule is COc1ccc(CN(Cc2cnc[nH]2)C[C@@H]2CCCO2)c(OC)c1. The minimum Gasteiger partial charge on any atom is -0.497 e. The molecule has 2 aromatic rings. The molecule has 0 aliphatic carbocycles. The van der Waals surface area contributed by atoms with Gasteiger partial charge in [0, 0.05) is 49.8 Å². The second-order valence-electron chi connectivity index (χ2n) is 6.06. The van der Waals surface area contributed by atoms with Gasteiger partial charge in [0.05, 0.1) is 26.7 Å². The largest absolute Gasteiger partial charge is 0.497 e. The van der Waals surface area contributed by atoms with E-state index in [1.165, 1.54) is 0 Å². The molecule has 0 saturated carbocycles. The van der Waals surface area contributed by atoms with E-state index in [0.29, 0.717) is 6.10 Å². The lowest BCUT2D eigenvalue weighted by Gasteiger charge is -2.25. The van der Waals surface area contributed by atoms with Crippen LogP contribution in [0.2, 0.25) is 0 Å². The first kappa shape index (κ1) is 16.8. The molecule has 1 N–H and O–H groups in total. The molecule has 1 aliphatic rings. The number of methoxy groups -OCH3 is 2. The molecule has 1 aliphatic heterocycles. The van der Waals surface area contributed by atoms with Crippen LogP contribution in [0.3, 0.4) is 0 Å². The molecule has 1 atom stereocenters. The molecule has 1 saturated heterocycles. The number of ether oxygens (including phenoxy) is 3. The zero-order valence-corrected chi connectivity index (χ0v) is 14.3. The third-order valence-electron chi connectivity index (χ3n) is 4.32. The summed E-state index contributed by atoms with van der Waals surface area (Å²) in [4.78, 5) is 9.66. The topological polar surface area (TPSA) is 59.6 Å². The van der Waals surface area contributed by atoms with Crippen LogP contribution in [0.5, 0.6) is 11.5 Å². The van der Waals surface area contributed by atoms with E-state index < -0.39 is 0 Å². The van der Waals surface area contributed by atoms with Crippen molar-refractivity contribution in [1.82, 2.24) is 14.9 Å². The Morgan fingerprint density at radius 2 is 2.21 bits per heavy atom. The van der Waals surface area contributed by atoms with E-state index in [0.717, 1.165) is 61.8 Å². The summed E-state index contributed by atoms with van der Waals surface area (Å²) in [5.74, 6) is 1.64. The number of imidazole rings is 1. The lowest BCUT2D eigenvalue weighted by Crippen LogP contribution is -2.31. The van der Waals surface area contributed by atoms with Crippen LogP contribution in [0.15, 0.2) is 30.7 Å². The van der Waals surface area contributed by atoms with Crippen LogP contribution in [0.25, 0.3) is 0 Å². The van der Waals surface area contributed by atoms with Crippen LogP contribution in [0, 0.1) is 0 Å². The number of H-pyrrole nitrogens is 1. The maximum Gasteiger partial charge on any atom is 0.127 e. The molecule has 3 rings (SSSR count). The number of aromatic nitrogens is 2. The molecular weight excluding hydrogens is 306 g/mol. The van der Waals surface area contributed by atoms with Crippen LogP contribution >= 0.6 is 0 Å². The third kappa shape index (κ3) is 4.27. The Balaban J connectivity index is 1.74. The molecule has 0 unspecified atom stereocenters. The summed E-state index contributed by atoms with van der Waals surface area (Å²) in [6.45, 7) is 3.35. The average molecular weight is 331 g/mol. The van der Waals surface area contributed by atoms with Gasteiger partial charge in [-0.15, -0.1) is 0 Å². The molecule has 1 fully saturated rings. The van der Waals surface area contributed by atoms with E-state index >= 15 is 0 Å². The fourth-order valence-corrected chi connectivity index (χ4v) is 3.10. The van der Waals surface area contributed by atoms with Crippen molar-refractivity contribution < 1.29 is 14.2 Å². The highest BCUT2D eigenvalue weighted by atomic mass is 16.5. The maximum atomic E-state index is 5.81. The average Bonchev–Trinajstić information content (AvgIpc) is 3.29. The summed E-state index contributed by atoms with van der Waals surface area (Å²) in [6, 6.07) is 5.96. The predicted octanol–water partition coefficient (Wildman–Crippen LogP) is 2.61. The van der Waals surface area contributed by atoms with Crippen molar-refractivity contribution in [2.75, 3.05) is 27.4 Å². The normalized spacial score (nSPS) is 17.4. The van der Waals surface area contributed by atoms with E-state index in [2.05, 4.69) is 20.9 Å². The highest BCUT2D eigenvalue weighted by Gasteiger charge is 2.21. The van der Waals surface area contributed by atoms with E-state index in [4.69, 9.17) is 14.2 Å². The molecule has 1 aromatic carbocycles. The summed E-state index contributed by atoms with van der Waals surface area (Å²) in [5, 5.41) is 0. The van der Waals surface area contributed by atoms with Gasteiger partial charge >= 0.3 is 0 Å². The first-order valence-corrected chi connectivity index (χ1v) is 8.30. The number of hydrogen-bond acceptors (Lipinski definition) is 5. The summed E-state index contributed by atoms with van der Waals surface area (Å²) in [5.41, 5.74) is 2.23. The predicted molar refractivity (Wildman–Crippen MR) is 91.2 cm³/mol. The summed E-state index contributed by atoms with van der Waals surface area (Å²) in [7, 11) is 3.36. The maximum absolute atomic E-state index is 5.81. The van der Waals surface area contributed by atoms with Crippen LogP contribution in [-0.4, -0.2) is 48.3 Å². The monoisotopic (exact) mass is 331 g/mol. The molecule has 6 heteroatoms. The zero-order valence-electron chi connectivity index (χ0n) is 14.3. The molecule has 0 amide bonds. The first-order valence-electron chi connectivity index (χ1n) is 8.30. The Labute approximate surface area is 142 Å². The fourth-order valence-electron chi connectivity index (χ4n) is 3.10. The lowest BCUT2D eigenvalue weighted by molar-refractivity contribution is 0.0672. The fraction of sp³-hybridized carbons (Fsp3) is 0.500. The van der Waals surface area contributed by atoms with Crippen molar-refractivity contribution in [3.63, 3.8) is 0 Å². The van der Waals surface area contributed by atoms with Gasteiger partial charge in [-0.3, -0.25) is 4.90 Å². The number of hydrogen-bond donors (Lipinski definition) is 1. The van der Waals surface area contributed by atoms with E-state index in [1.54, 1.807) is 20.5 Å². The standard InChI is InChI=1S/C18H25N3O3/c1-22-16-6-5-14(18(8-16)23-2)10-21(11-15-9-19-13-20-15)12-17-4-3-7-24-17/h5-6,8-9,13,17H,3-4,7,10-12H2,1-2H3,(H,19,20)/t17-/m0/s1. The smallest absolute Gasteiger partial charge is 0.127 e. The molecular formula is C18H25N3O3. The third-order valence-corrected chi connectivity index (χ3v) is 4.32. The van der Waals surface area contributed by atoms with Gasteiger partial charge in [0.1, 0.15) is 11.5 Å².